The summed E-state index contributed by atoms with van der Waals surface area (Å²) < 4.78 is 11.2. The first kappa shape index (κ1) is 51.6. The number of hydrogen-bond donors (Lipinski definition) is 6. The van der Waals surface area contributed by atoms with Gasteiger partial charge in [0.15, 0.2) is 6.29 Å². The number of nitrogens with one attached hydrogen (secondary N) is 1. The minimum absolute atomic E-state index is 0.111. The van der Waals surface area contributed by atoms with Crippen LogP contribution < -0.4 is 5.32 Å². The molecule has 7 atom stereocenters. The number of hydrogen-bond acceptors (Lipinski definition) is 8. The molecule has 9 heteroatoms. The maximum Gasteiger partial charge on any atom is 0.224 e. The molecule has 0 saturated carbocycles. The second kappa shape index (κ2) is 36.9. The fourth-order valence-corrected chi connectivity index (χ4v) is 6.52. The lowest BCUT2D eigenvalue weighted by Gasteiger charge is -2.40. The zero-order valence-electron chi connectivity index (χ0n) is 35.1. The molecule has 0 aromatic rings. The van der Waals surface area contributed by atoms with Gasteiger partial charge in [-0.3, -0.25) is 4.79 Å². The predicted octanol–water partition coefficient (Wildman–Crippen LogP) is 9.00. The maximum absolute atomic E-state index is 12.9. The molecule has 7 unspecified atom stereocenters. The summed E-state index contributed by atoms with van der Waals surface area (Å²) in [6, 6.07) is -0.861. The van der Waals surface area contributed by atoms with Crippen LogP contribution in [-0.4, -0.2) is 87.5 Å². The molecular weight excluding hydrogens is 707 g/mol. The summed E-state index contributed by atoms with van der Waals surface area (Å²) in [5.41, 5.74) is 0. The van der Waals surface area contributed by atoms with Crippen molar-refractivity contribution in [3.05, 3.63) is 72.9 Å². The number of ether oxygens (including phenoxy) is 2. The molecule has 6 N–H and O–H groups in total. The number of carbonyl (C=O) groups is 1. The van der Waals surface area contributed by atoms with E-state index in [4.69, 9.17) is 9.47 Å². The second-order valence-corrected chi connectivity index (χ2v) is 15.1. The largest absolute Gasteiger partial charge is 0.394 e. The Labute approximate surface area is 340 Å². The van der Waals surface area contributed by atoms with Crippen molar-refractivity contribution in [3.63, 3.8) is 0 Å². The first-order valence-electron chi connectivity index (χ1n) is 22.2. The summed E-state index contributed by atoms with van der Waals surface area (Å²) >= 11 is 0. The Kier molecular flexibility index (Phi) is 34.1. The van der Waals surface area contributed by atoms with Crippen LogP contribution >= 0.6 is 0 Å². The Morgan fingerprint density at radius 1 is 0.625 bits per heavy atom. The highest BCUT2D eigenvalue weighted by Gasteiger charge is 2.44. The Bertz CT molecular complexity index is 1100. The standard InChI is InChI=1S/C47H81NO8/c1-3-5-7-9-11-13-15-17-19-20-21-23-24-26-28-30-32-34-36-41(50)40(39-55-47-46(54)45(53)44(52)42(38-49)56-47)48-43(51)37-35-33-31-29-27-25-22-18-16-14-12-10-8-6-4-2/h6,8,12,14,18,22,27,29,33-36,40-42,44-47,49-50,52-54H,3-5,7,9-11,13,15-17,19-21,23-26,28,30-32,37-39H2,1-2H3,(H,48,51)/b8-6-,14-12-,22-18-,29-27-,35-33-,36-34+. The SMILES string of the molecule is CC/C=C\C/C=C\C/C=C\C/C=C\C/C=C\CC(=O)NC(COC1OC(CO)C(O)C(O)C1O)C(O)/C=C/CCCCCCCCCCCCCCCCCC. The van der Waals surface area contributed by atoms with Gasteiger partial charge in [0.2, 0.25) is 5.91 Å². The predicted molar refractivity (Wildman–Crippen MR) is 230 cm³/mol. The second-order valence-electron chi connectivity index (χ2n) is 15.1. The first-order valence-corrected chi connectivity index (χ1v) is 22.2. The van der Waals surface area contributed by atoms with Crippen LogP contribution in [-0.2, 0) is 14.3 Å². The van der Waals surface area contributed by atoms with E-state index in [9.17, 15) is 30.3 Å². The van der Waals surface area contributed by atoms with Crippen molar-refractivity contribution in [2.75, 3.05) is 13.2 Å². The fourth-order valence-electron chi connectivity index (χ4n) is 6.52. The number of aliphatic hydroxyl groups excluding tert-OH is 5. The number of allylic oxidation sites excluding steroid dienone is 10. The van der Waals surface area contributed by atoms with E-state index in [2.05, 4.69) is 67.8 Å². The van der Waals surface area contributed by atoms with Crippen LogP contribution in [0.2, 0.25) is 0 Å². The maximum atomic E-state index is 12.9. The number of aliphatic hydroxyl groups is 5. The Morgan fingerprint density at radius 3 is 1.57 bits per heavy atom. The highest BCUT2D eigenvalue weighted by molar-refractivity contribution is 5.77. The molecule has 322 valence electrons. The molecule has 0 aromatic carbocycles. The van der Waals surface area contributed by atoms with Gasteiger partial charge in [-0.05, 0) is 44.9 Å². The number of amides is 1. The van der Waals surface area contributed by atoms with Crippen LogP contribution in [0.3, 0.4) is 0 Å². The minimum atomic E-state index is -1.58. The molecule has 1 aliphatic rings. The van der Waals surface area contributed by atoms with Gasteiger partial charge >= 0.3 is 0 Å². The molecule has 0 radical (unpaired) electrons. The zero-order valence-corrected chi connectivity index (χ0v) is 35.1. The Morgan fingerprint density at radius 2 is 1.09 bits per heavy atom. The molecule has 0 spiro atoms. The number of rotatable bonds is 35. The van der Waals surface area contributed by atoms with E-state index in [1.165, 1.54) is 89.9 Å². The Balaban J connectivity index is 2.45. The van der Waals surface area contributed by atoms with Crippen molar-refractivity contribution in [1.29, 1.82) is 0 Å². The van der Waals surface area contributed by atoms with Crippen LogP contribution in [0.5, 0.6) is 0 Å². The normalized spacial score (nSPS) is 21.9. The summed E-state index contributed by atoms with van der Waals surface area (Å²) in [6.45, 7) is 3.58. The van der Waals surface area contributed by atoms with Crippen LogP contribution in [0.4, 0.5) is 0 Å². The van der Waals surface area contributed by atoms with E-state index in [1.807, 2.05) is 12.2 Å². The third-order valence-corrected chi connectivity index (χ3v) is 10.1. The van der Waals surface area contributed by atoms with Crippen LogP contribution in [0.1, 0.15) is 162 Å². The molecule has 9 nitrogen and oxygen atoms in total. The highest BCUT2D eigenvalue weighted by Crippen LogP contribution is 2.22. The summed E-state index contributed by atoms with van der Waals surface area (Å²) in [5.74, 6) is -0.306. The average molecular weight is 788 g/mol. The number of unbranched alkanes of at least 4 members (excludes halogenated alkanes) is 16. The minimum Gasteiger partial charge on any atom is -0.394 e. The molecule has 0 aromatic heterocycles. The monoisotopic (exact) mass is 788 g/mol. The zero-order chi connectivity index (χ0) is 40.9. The molecule has 1 heterocycles. The topological polar surface area (TPSA) is 149 Å². The van der Waals surface area contributed by atoms with E-state index in [1.54, 1.807) is 12.2 Å². The van der Waals surface area contributed by atoms with Gasteiger partial charge in [-0.25, -0.2) is 0 Å². The van der Waals surface area contributed by atoms with Gasteiger partial charge < -0.3 is 40.3 Å². The highest BCUT2D eigenvalue weighted by atomic mass is 16.7. The molecule has 56 heavy (non-hydrogen) atoms. The summed E-state index contributed by atoms with van der Waals surface area (Å²) in [5, 5.41) is 54.0. The van der Waals surface area contributed by atoms with Crippen LogP contribution in [0.15, 0.2) is 72.9 Å². The van der Waals surface area contributed by atoms with Gasteiger partial charge in [0, 0.05) is 6.42 Å². The van der Waals surface area contributed by atoms with Gasteiger partial charge in [-0.1, -0.05) is 183 Å². The van der Waals surface area contributed by atoms with Crippen molar-refractivity contribution in [2.24, 2.45) is 0 Å². The van der Waals surface area contributed by atoms with Crippen molar-refractivity contribution >= 4 is 5.91 Å². The fraction of sp³-hybridized carbons (Fsp3) is 0.723. The molecule has 1 rings (SSSR count). The van der Waals surface area contributed by atoms with Gasteiger partial charge in [0.25, 0.3) is 0 Å². The third kappa shape index (κ3) is 27.3. The van der Waals surface area contributed by atoms with E-state index in [0.717, 1.165) is 44.9 Å². The summed E-state index contributed by atoms with van der Waals surface area (Å²) in [6.07, 6.45) is 42.5. The van der Waals surface area contributed by atoms with E-state index >= 15 is 0 Å². The van der Waals surface area contributed by atoms with Crippen LogP contribution in [0, 0.1) is 0 Å². The van der Waals surface area contributed by atoms with Crippen molar-refractivity contribution in [1.82, 2.24) is 5.32 Å². The summed E-state index contributed by atoms with van der Waals surface area (Å²) in [7, 11) is 0. The summed E-state index contributed by atoms with van der Waals surface area (Å²) in [4.78, 5) is 12.9. The van der Waals surface area contributed by atoms with Crippen LogP contribution in [0.25, 0.3) is 0 Å². The lowest BCUT2D eigenvalue weighted by molar-refractivity contribution is -0.302. The van der Waals surface area contributed by atoms with Gasteiger partial charge in [-0.2, -0.15) is 0 Å². The van der Waals surface area contributed by atoms with Gasteiger partial charge in [0.1, 0.15) is 24.4 Å². The molecular formula is C47H81NO8. The number of carbonyl (C=O) groups excluding carboxylic acids is 1. The lowest BCUT2D eigenvalue weighted by atomic mass is 9.99. The molecule has 1 fully saturated rings. The molecule has 1 amide bonds. The van der Waals surface area contributed by atoms with Gasteiger partial charge in [0.05, 0.1) is 25.4 Å². The smallest absolute Gasteiger partial charge is 0.224 e. The molecule has 1 aliphatic heterocycles. The third-order valence-electron chi connectivity index (χ3n) is 10.1. The van der Waals surface area contributed by atoms with E-state index < -0.39 is 49.5 Å². The first-order chi connectivity index (χ1) is 27.3. The van der Waals surface area contributed by atoms with Crippen molar-refractivity contribution in [3.8, 4) is 0 Å². The van der Waals surface area contributed by atoms with Crippen molar-refractivity contribution in [2.45, 2.75) is 204 Å². The van der Waals surface area contributed by atoms with E-state index in [0.29, 0.717) is 6.42 Å². The average Bonchev–Trinajstić information content (AvgIpc) is 3.20. The van der Waals surface area contributed by atoms with E-state index in [-0.39, 0.29) is 18.9 Å². The van der Waals surface area contributed by atoms with Gasteiger partial charge in [-0.15, -0.1) is 0 Å². The lowest BCUT2D eigenvalue weighted by Crippen LogP contribution is -2.60. The molecule has 0 bridgehead atoms. The van der Waals surface area contributed by atoms with Crippen molar-refractivity contribution < 1.29 is 39.8 Å². The Hall–Kier alpha value is -2.37. The molecule has 0 aliphatic carbocycles. The molecule has 1 saturated heterocycles. The quantitative estimate of drug-likeness (QED) is 0.0276.